The first kappa shape index (κ1) is 13.7. The zero-order valence-corrected chi connectivity index (χ0v) is 11.9. The maximum absolute atomic E-state index is 9.74. The van der Waals surface area contributed by atoms with Gasteiger partial charge in [0.05, 0.1) is 6.61 Å². The van der Waals surface area contributed by atoms with Gasteiger partial charge in [-0.15, -0.1) is 0 Å². The summed E-state index contributed by atoms with van der Waals surface area (Å²) in [4.78, 5) is 0. The third-order valence-corrected chi connectivity index (χ3v) is 5.44. The Morgan fingerprint density at radius 1 is 1.35 bits per heavy atom. The first-order valence-electron chi connectivity index (χ1n) is 7.28. The summed E-state index contributed by atoms with van der Waals surface area (Å²) < 4.78 is 0. The van der Waals surface area contributed by atoms with Crippen LogP contribution in [0.2, 0.25) is 0 Å². The number of aliphatic hydroxyl groups is 1. The normalized spacial score (nSPS) is 33.9. The topological polar surface area (TPSA) is 32.3 Å². The van der Waals surface area contributed by atoms with Crippen LogP contribution in [-0.4, -0.2) is 34.3 Å². The van der Waals surface area contributed by atoms with Gasteiger partial charge < -0.3 is 10.4 Å². The highest BCUT2D eigenvalue weighted by Gasteiger charge is 2.39. The second kappa shape index (κ2) is 6.44. The van der Waals surface area contributed by atoms with E-state index in [1.807, 2.05) is 0 Å². The van der Waals surface area contributed by atoms with Crippen LogP contribution in [-0.2, 0) is 0 Å². The zero-order valence-electron chi connectivity index (χ0n) is 11.1. The minimum atomic E-state index is 0.0588. The summed E-state index contributed by atoms with van der Waals surface area (Å²) in [6.07, 6.45) is 10.2. The first-order valence-corrected chi connectivity index (χ1v) is 8.33. The second-order valence-corrected chi connectivity index (χ2v) is 7.21. The van der Waals surface area contributed by atoms with E-state index >= 15 is 0 Å². The Hall–Kier alpha value is 0.270. The van der Waals surface area contributed by atoms with E-state index in [0.29, 0.717) is 12.6 Å². The molecule has 0 heterocycles. The Morgan fingerprint density at radius 2 is 2.18 bits per heavy atom. The fourth-order valence-electron chi connectivity index (χ4n) is 2.83. The van der Waals surface area contributed by atoms with Crippen LogP contribution in [0, 0.1) is 0 Å². The van der Waals surface area contributed by atoms with Crippen molar-refractivity contribution in [3.8, 4) is 0 Å². The predicted octanol–water partition coefficient (Wildman–Crippen LogP) is 2.95. The zero-order chi connectivity index (χ0) is 12.1. The van der Waals surface area contributed by atoms with Crippen molar-refractivity contribution in [1.29, 1.82) is 0 Å². The highest BCUT2D eigenvalue weighted by Crippen LogP contribution is 2.37. The molecule has 100 valence electrons. The number of hydrogen-bond acceptors (Lipinski definition) is 3. The summed E-state index contributed by atoms with van der Waals surface area (Å²) in [6, 6.07) is 0.710. The van der Waals surface area contributed by atoms with Crippen LogP contribution < -0.4 is 5.32 Å². The lowest BCUT2D eigenvalue weighted by atomic mass is 9.82. The van der Waals surface area contributed by atoms with Crippen molar-refractivity contribution in [2.45, 2.75) is 75.1 Å². The summed E-state index contributed by atoms with van der Waals surface area (Å²) in [6.45, 7) is 2.59. The monoisotopic (exact) mass is 257 g/mol. The van der Waals surface area contributed by atoms with Crippen LogP contribution in [0.5, 0.6) is 0 Å². The van der Waals surface area contributed by atoms with E-state index in [4.69, 9.17) is 0 Å². The lowest BCUT2D eigenvalue weighted by molar-refractivity contribution is 0.122. The Bertz CT molecular complexity index is 232. The summed E-state index contributed by atoms with van der Waals surface area (Å²) in [5.74, 6) is 1.30. The van der Waals surface area contributed by atoms with Gasteiger partial charge in [0.1, 0.15) is 0 Å². The molecular formula is C14H27NOS. The van der Waals surface area contributed by atoms with Gasteiger partial charge in [0, 0.05) is 16.8 Å². The molecule has 2 N–H and O–H groups in total. The largest absolute Gasteiger partial charge is 0.394 e. The molecule has 0 aliphatic heterocycles. The number of rotatable bonds is 7. The molecular weight excluding hydrogens is 230 g/mol. The number of nitrogens with one attached hydrogen (secondary N) is 1. The Labute approximate surface area is 110 Å². The third-order valence-electron chi connectivity index (χ3n) is 4.04. The molecule has 0 aromatic heterocycles. The minimum absolute atomic E-state index is 0.0588. The van der Waals surface area contributed by atoms with Crippen molar-refractivity contribution >= 4 is 11.8 Å². The molecule has 0 aromatic rings. The number of hydrogen-bond donors (Lipinski definition) is 2. The summed E-state index contributed by atoms with van der Waals surface area (Å²) in [5, 5.41) is 14.2. The van der Waals surface area contributed by atoms with Gasteiger partial charge >= 0.3 is 0 Å². The molecule has 2 aliphatic carbocycles. The molecule has 2 nitrogen and oxygen atoms in total. The van der Waals surface area contributed by atoms with Crippen LogP contribution in [0.3, 0.4) is 0 Å². The Balaban J connectivity index is 1.80. The minimum Gasteiger partial charge on any atom is -0.394 e. The lowest BCUT2D eigenvalue weighted by Crippen LogP contribution is -2.53. The van der Waals surface area contributed by atoms with Crippen LogP contribution in [0.1, 0.15) is 58.3 Å². The van der Waals surface area contributed by atoms with Gasteiger partial charge in [0.2, 0.25) is 0 Å². The van der Waals surface area contributed by atoms with Crippen molar-refractivity contribution in [3.63, 3.8) is 0 Å². The maximum Gasteiger partial charge on any atom is 0.0613 e. The van der Waals surface area contributed by atoms with E-state index in [0.717, 1.165) is 5.25 Å². The van der Waals surface area contributed by atoms with Crippen molar-refractivity contribution in [2.75, 3.05) is 12.4 Å². The highest BCUT2D eigenvalue weighted by atomic mass is 32.2. The van der Waals surface area contributed by atoms with E-state index in [2.05, 4.69) is 24.0 Å². The molecule has 0 amide bonds. The van der Waals surface area contributed by atoms with E-state index < -0.39 is 0 Å². The number of unbranched alkanes of at least 4 members (excludes halogenated alkanes) is 1. The molecule has 0 spiro atoms. The highest BCUT2D eigenvalue weighted by molar-refractivity contribution is 7.99. The van der Waals surface area contributed by atoms with Gasteiger partial charge in [-0.1, -0.05) is 19.8 Å². The summed E-state index contributed by atoms with van der Waals surface area (Å²) in [5.41, 5.74) is 0.0588. The number of thioether (sulfide) groups is 1. The van der Waals surface area contributed by atoms with Gasteiger partial charge in [0.15, 0.2) is 0 Å². The Kier molecular flexibility index (Phi) is 5.19. The quantitative estimate of drug-likeness (QED) is 0.688. The molecule has 2 atom stereocenters. The van der Waals surface area contributed by atoms with E-state index in [1.165, 1.54) is 57.1 Å². The molecule has 0 saturated heterocycles. The number of aliphatic hydroxyl groups excluding tert-OH is 1. The molecule has 2 saturated carbocycles. The van der Waals surface area contributed by atoms with Gasteiger partial charge in [0.25, 0.3) is 0 Å². The van der Waals surface area contributed by atoms with Gasteiger partial charge in [-0.3, -0.25) is 0 Å². The van der Waals surface area contributed by atoms with Crippen molar-refractivity contribution in [2.24, 2.45) is 0 Å². The van der Waals surface area contributed by atoms with E-state index in [-0.39, 0.29) is 5.54 Å². The molecule has 2 aliphatic rings. The van der Waals surface area contributed by atoms with E-state index in [9.17, 15) is 5.11 Å². The molecule has 2 unspecified atom stereocenters. The van der Waals surface area contributed by atoms with Crippen molar-refractivity contribution in [1.82, 2.24) is 5.32 Å². The van der Waals surface area contributed by atoms with Gasteiger partial charge in [-0.2, -0.15) is 11.8 Å². The van der Waals surface area contributed by atoms with Crippen LogP contribution in [0.25, 0.3) is 0 Å². The van der Waals surface area contributed by atoms with Gasteiger partial charge in [-0.05, 0) is 44.3 Å². The van der Waals surface area contributed by atoms with Crippen LogP contribution in [0.4, 0.5) is 0 Å². The second-order valence-electron chi connectivity index (χ2n) is 5.80. The molecule has 17 heavy (non-hydrogen) atoms. The average Bonchev–Trinajstić information content (AvgIpc) is 3.14. The Morgan fingerprint density at radius 3 is 2.82 bits per heavy atom. The smallest absolute Gasteiger partial charge is 0.0613 e. The SMILES string of the molecule is CCCCSC1CCCC(CO)(NC2CC2)C1. The molecule has 2 rings (SSSR count). The van der Waals surface area contributed by atoms with E-state index in [1.54, 1.807) is 0 Å². The fraction of sp³-hybridized carbons (Fsp3) is 1.00. The molecule has 2 fully saturated rings. The lowest BCUT2D eigenvalue weighted by Gasteiger charge is -2.40. The van der Waals surface area contributed by atoms with Crippen LogP contribution >= 0.6 is 11.8 Å². The van der Waals surface area contributed by atoms with Crippen molar-refractivity contribution < 1.29 is 5.11 Å². The maximum atomic E-state index is 9.74. The third kappa shape index (κ3) is 4.15. The predicted molar refractivity (Wildman–Crippen MR) is 75.6 cm³/mol. The van der Waals surface area contributed by atoms with Gasteiger partial charge in [-0.25, -0.2) is 0 Å². The summed E-state index contributed by atoms with van der Waals surface area (Å²) >= 11 is 2.14. The molecule has 3 heteroatoms. The fourth-order valence-corrected chi connectivity index (χ4v) is 4.38. The standard InChI is InChI=1S/C14H27NOS/c1-2-3-9-17-13-5-4-8-14(10-13,11-16)15-12-6-7-12/h12-13,15-16H,2-11H2,1H3. The van der Waals surface area contributed by atoms with Crippen LogP contribution in [0.15, 0.2) is 0 Å². The average molecular weight is 257 g/mol. The molecule has 0 radical (unpaired) electrons. The molecule has 0 aromatic carbocycles. The first-order chi connectivity index (χ1) is 8.28. The molecule has 0 bridgehead atoms. The van der Waals surface area contributed by atoms with Crippen molar-refractivity contribution in [3.05, 3.63) is 0 Å². The summed E-state index contributed by atoms with van der Waals surface area (Å²) in [7, 11) is 0.